The van der Waals surface area contributed by atoms with Crippen LogP contribution in [0.15, 0.2) is 29.2 Å². The van der Waals surface area contributed by atoms with E-state index in [2.05, 4.69) is 10.3 Å². The van der Waals surface area contributed by atoms with Gasteiger partial charge in [-0.3, -0.25) is 4.79 Å². The zero-order chi connectivity index (χ0) is 16.7. The highest BCUT2D eigenvalue weighted by Gasteiger charge is 2.18. The van der Waals surface area contributed by atoms with E-state index >= 15 is 0 Å². The second-order valence-corrected chi connectivity index (χ2v) is 7.39. The summed E-state index contributed by atoms with van der Waals surface area (Å²) in [4.78, 5) is 14.0. The van der Waals surface area contributed by atoms with Crippen LogP contribution >= 0.6 is 0 Å². The summed E-state index contributed by atoms with van der Waals surface area (Å²) in [6.45, 7) is 2.08. The molecule has 0 atom stereocenters. The van der Waals surface area contributed by atoms with Crippen LogP contribution in [-0.2, 0) is 26.0 Å². The number of rotatable bonds is 7. The molecule has 0 amide bonds. The zero-order valence-corrected chi connectivity index (χ0v) is 14.2. The van der Waals surface area contributed by atoms with Gasteiger partial charge in [0.1, 0.15) is 0 Å². The lowest BCUT2D eigenvalue weighted by Crippen LogP contribution is -2.44. The topological polar surface area (TPSA) is 84.5 Å². The van der Waals surface area contributed by atoms with Crippen LogP contribution in [0.25, 0.3) is 0 Å². The van der Waals surface area contributed by atoms with Crippen molar-refractivity contribution in [3.8, 4) is 0 Å². The number of ether oxygens (including phenoxy) is 1. The lowest BCUT2D eigenvalue weighted by molar-refractivity contribution is -0.142. The van der Waals surface area contributed by atoms with Gasteiger partial charge in [-0.15, -0.1) is 4.83 Å². The van der Waals surface area contributed by atoms with Crippen LogP contribution in [0.5, 0.6) is 0 Å². The Balaban J connectivity index is 1.92. The summed E-state index contributed by atoms with van der Waals surface area (Å²) < 4.78 is 29.4. The number of carbonyl (C=O) groups excluding carboxylic acids is 1. The molecule has 0 spiro atoms. The highest BCUT2D eigenvalue weighted by Crippen LogP contribution is 2.17. The largest absolute Gasteiger partial charge is 0.466 e. The fourth-order valence-corrected chi connectivity index (χ4v) is 3.57. The number of hydrazine groups is 1. The molecule has 0 saturated heterocycles. The monoisotopic (exact) mass is 340 g/mol. The molecule has 1 aromatic rings. The molecule has 128 valence electrons. The van der Waals surface area contributed by atoms with Crippen molar-refractivity contribution >= 4 is 16.0 Å². The Morgan fingerprint density at radius 3 is 2.43 bits per heavy atom. The average Bonchev–Trinajstić information content (AvgIpc) is 2.55. The van der Waals surface area contributed by atoms with Gasteiger partial charge in [0.15, 0.2) is 0 Å². The van der Waals surface area contributed by atoms with Crippen molar-refractivity contribution in [3.63, 3.8) is 0 Å². The molecule has 1 aliphatic rings. The molecule has 23 heavy (non-hydrogen) atoms. The van der Waals surface area contributed by atoms with Crippen molar-refractivity contribution in [3.05, 3.63) is 29.8 Å². The van der Waals surface area contributed by atoms with Gasteiger partial charge < -0.3 is 4.74 Å². The molecule has 0 heterocycles. The molecule has 0 unspecified atom stereocenters. The summed E-state index contributed by atoms with van der Waals surface area (Å²) in [5, 5.41) is 0. The SMILES string of the molecule is CCOC(=O)Cc1ccc(S(=O)(=O)NNC2CCCCC2)cc1. The Morgan fingerprint density at radius 2 is 1.83 bits per heavy atom. The molecular weight excluding hydrogens is 316 g/mol. The van der Waals surface area contributed by atoms with Crippen molar-refractivity contribution in [1.29, 1.82) is 0 Å². The van der Waals surface area contributed by atoms with Gasteiger partial charge in [0.05, 0.1) is 17.9 Å². The molecular formula is C16H24N2O4S. The normalized spacial score (nSPS) is 16.2. The summed E-state index contributed by atoms with van der Waals surface area (Å²) in [6.07, 6.45) is 5.58. The lowest BCUT2D eigenvalue weighted by atomic mass is 9.96. The molecule has 0 aliphatic heterocycles. The Kier molecular flexibility index (Phi) is 6.56. The zero-order valence-electron chi connectivity index (χ0n) is 13.4. The van der Waals surface area contributed by atoms with Crippen molar-refractivity contribution in [2.75, 3.05) is 6.61 Å². The van der Waals surface area contributed by atoms with Crippen LogP contribution < -0.4 is 10.3 Å². The number of hydrogen-bond acceptors (Lipinski definition) is 5. The highest BCUT2D eigenvalue weighted by molar-refractivity contribution is 7.89. The third-order valence-corrected chi connectivity index (χ3v) is 5.17. The van der Waals surface area contributed by atoms with E-state index in [9.17, 15) is 13.2 Å². The molecule has 0 radical (unpaired) electrons. The predicted molar refractivity (Wildman–Crippen MR) is 87.1 cm³/mol. The maximum absolute atomic E-state index is 12.2. The molecule has 0 bridgehead atoms. The molecule has 1 fully saturated rings. The van der Waals surface area contributed by atoms with Gasteiger partial charge in [-0.05, 0) is 37.5 Å². The number of nitrogens with one attached hydrogen (secondary N) is 2. The first kappa shape index (κ1) is 17.9. The Hall–Kier alpha value is -1.44. The first-order valence-electron chi connectivity index (χ1n) is 8.03. The second kappa shape index (κ2) is 8.42. The van der Waals surface area contributed by atoms with Gasteiger partial charge in [-0.2, -0.15) is 0 Å². The standard InChI is InChI=1S/C16H24N2O4S/c1-2-22-16(19)12-13-8-10-15(11-9-13)23(20,21)18-17-14-6-4-3-5-7-14/h8-11,14,17-18H,2-7,12H2,1H3. The quantitative estimate of drug-likeness (QED) is 0.585. The van der Waals surface area contributed by atoms with Crippen LogP contribution in [0.3, 0.4) is 0 Å². The fraction of sp³-hybridized carbons (Fsp3) is 0.562. The minimum atomic E-state index is -3.59. The maximum Gasteiger partial charge on any atom is 0.310 e. The van der Waals surface area contributed by atoms with E-state index in [-0.39, 0.29) is 23.3 Å². The molecule has 1 aliphatic carbocycles. The van der Waals surface area contributed by atoms with Crippen molar-refractivity contribution < 1.29 is 17.9 Å². The van der Waals surface area contributed by atoms with Gasteiger partial charge in [-0.25, -0.2) is 13.8 Å². The summed E-state index contributed by atoms with van der Waals surface area (Å²) in [5.74, 6) is -0.319. The van der Waals surface area contributed by atoms with E-state index in [1.807, 2.05) is 0 Å². The minimum absolute atomic E-state index is 0.141. The second-order valence-electron chi connectivity index (χ2n) is 5.71. The summed E-state index contributed by atoms with van der Waals surface area (Å²) in [7, 11) is -3.59. The van der Waals surface area contributed by atoms with Crippen LogP contribution in [0.1, 0.15) is 44.6 Å². The van der Waals surface area contributed by atoms with Crippen LogP contribution in [-0.4, -0.2) is 27.0 Å². The molecule has 1 aromatic carbocycles. The number of esters is 1. The van der Waals surface area contributed by atoms with Crippen molar-refractivity contribution in [2.45, 2.75) is 56.4 Å². The summed E-state index contributed by atoms with van der Waals surface area (Å²) >= 11 is 0. The fourth-order valence-electron chi connectivity index (χ4n) is 2.63. The van der Waals surface area contributed by atoms with Gasteiger partial charge in [0, 0.05) is 6.04 Å². The van der Waals surface area contributed by atoms with Gasteiger partial charge >= 0.3 is 5.97 Å². The minimum Gasteiger partial charge on any atom is -0.466 e. The smallest absolute Gasteiger partial charge is 0.310 e. The van der Waals surface area contributed by atoms with E-state index < -0.39 is 10.0 Å². The van der Waals surface area contributed by atoms with E-state index in [1.54, 1.807) is 19.1 Å². The maximum atomic E-state index is 12.2. The summed E-state index contributed by atoms with van der Waals surface area (Å²) in [6, 6.07) is 6.46. The number of hydrogen-bond donors (Lipinski definition) is 2. The molecule has 2 N–H and O–H groups in total. The number of carbonyl (C=O) groups is 1. The first-order chi connectivity index (χ1) is 11.0. The Labute approximate surface area is 137 Å². The third-order valence-electron chi connectivity index (χ3n) is 3.89. The van der Waals surface area contributed by atoms with Crippen LogP contribution in [0, 0.1) is 0 Å². The lowest BCUT2D eigenvalue weighted by Gasteiger charge is -2.23. The highest BCUT2D eigenvalue weighted by atomic mass is 32.2. The summed E-state index contributed by atoms with van der Waals surface area (Å²) in [5.41, 5.74) is 3.64. The predicted octanol–water partition coefficient (Wildman–Crippen LogP) is 1.91. The average molecular weight is 340 g/mol. The van der Waals surface area contributed by atoms with E-state index in [0.29, 0.717) is 6.61 Å². The van der Waals surface area contributed by atoms with Crippen molar-refractivity contribution in [2.24, 2.45) is 0 Å². The Bertz CT molecular complexity index is 607. The van der Waals surface area contributed by atoms with E-state index in [1.165, 1.54) is 18.6 Å². The van der Waals surface area contributed by atoms with Gasteiger partial charge in [0.25, 0.3) is 10.0 Å². The van der Waals surface area contributed by atoms with Gasteiger partial charge in [0.2, 0.25) is 0 Å². The molecule has 6 nitrogen and oxygen atoms in total. The number of sulfonamides is 1. The molecule has 0 aromatic heterocycles. The van der Waals surface area contributed by atoms with E-state index in [4.69, 9.17) is 4.74 Å². The van der Waals surface area contributed by atoms with Crippen LogP contribution in [0.2, 0.25) is 0 Å². The van der Waals surface area contributed by atoms with E-state index in [0.717, 1.165) is 31.2 Å². The molecule has 7 heteroatoms. The molecule has 1 saturated carbocycles. The first-order valence-corrected chi connectivity index (χ1v) is 9.51. The Morgan fingerprint density at radius 1 is 1.17 bits per heavy atom. The third kappa shape index (κ3) is 5.60. The number of benzene rings is 1. The van der Waals surface area contributed by atoms with Crippen LogP contribution in [0.4, 0.5) is 0 Å². The molecule has 2 rings (SSSR count). The van der Waals surface area contributed by atoms with Gasteiger partial charge in [-0.1, -0.05) is 31.4 Å². The van der Waals surface area contributed by atoms with Crippen molar-refractivity contribution in [1.82, 2.24) is 10.3 Å².